The monoisotopic (exact) mass is 258 g/mol. The van der Waals surface area contributed by atoms with E-state index in [0.29, 0.717) is 11.8 Å². The molecule has 0 aromatic rings. The molecule has 4 heteroatoms. The Hall–Kier alpha value is -0.280. The molecule has 2 N–H and O–H groups in total. The first-order chi connectivity index (χ1) is 7.70. The molecular weight excluding hydrogens is 236 g/mol. The number of halogens is 1. The van der Waals surface area contributed by atoms with Gasteiger partial charge in [0, 0.05) is 11.5 Å². The standard InChI is InChI=1S/C13H22N2O.ClH/c1-13(5-7-14-8-6-13)15-12(16)11-9-3-2-4-10(9)11;/h9-11,14H,2-8H2,1H3,(H,15,16);1H. The van der Waals surface area contributed by atoms with Crippen LogP contribution in [0.15, 0.2) is 0 Å². The number of hydrogen-bond donors (Lipinski definition) is 2. The van der Waals surface area contributed by atoms with Crippen molar-refractivity contribution in [2.45, 2.75) is 44.6 Å². The zero-order valence-corrected chi connectivity index (χ0v) is 11.3. The molecule has 3 nitrogen and oxygen atoms in total. The van der Waals surface area contributed by atoms with Crippen molar-refractivity contribution in [2.75, 3.05) is 13.1 Å². The molecule has 17 heavy (non-hydrogen) atoms. The molecule has 0 aromatic heterocycles. The van der Waals surface area contributed by atoms with Crippen molar-refractivity contribution < 1.29 is 4.79 Å². The Morgan fingerprint density at radius 2 is 1.82 bits per heavy atom. The highest BCUT2D eigenvalue weighted by Gasteiger charge is 2.57. The first kappa shape index (κ1) is 13.2. The molecule has 1 aliphatic heterocycles. The van der Waals surface area contributed by atoms with Crippen molar-refractivity contribution in [1.82, 2.24) is 10.6 Å². The third kappa shape index (κ3) is 2.45. The number of rotatable bonds is 2. The van der Waals surface area contributed by atoms with Gasteiger partial charge in [0.2, 0.25) is 5.91 Å². The highest BCUT2D eigenvalue weighted by molar-refractivity contribution is 5.85. The van der Waals surface area contributed by atoms with Crippen LogP contribution in [0.1, 0.15) is 39.0 Å². The smallest absolute Gasteiger partial charge is 0.224 e. The van der Waals surface area contributed by atoms with Crippen LogP contribution in [-0.4, -0.2) is 24.5 Å². The molecule has 1 amide bonds. The van der Waals surface area contributed by atoms with Crippen LogP contribution in [0.5, 0.6) is 0 Å². The number of amides is 1. The maximum atomic E-state index is 12.2. The Kier molecular flexibility index (Phi) is 3.69. The maximum Gasteiger partial charge on any atom is 0.224 e. The number of fused-ring (bicyclic) bond motifs is 1. The minimum atomic E-state index is 0. The van der Waals surface area contributed by atoms with Crippen molar-refractivity contribution in [3.63, 3.8) is 0 Å². The average Bonchev–Trinajstić information content (AvgIpc) is 2.74. The molecular formula is C13H23ClN2O. The third-order valence-corrected chi connectivity index (χ3v) is 4.84. The van der Waals surface area contributed by atoms with Crippen LogP contribution in [-0.2, 0) is 4.79 Å². The van der Waals surface area contributed by atoms with Crippen molar-refractivity contribution in [2.24, 2.45) is 17.8 Å². The lowest BCUT2D eigenvalue weighted by Gasteiger charge is -2.35. The normalized spacial score (nSPS) is 37.8. The van der Waals surface area contributed by atoms with Crippen molar-refractivity contribution in [1.29, 1.82) is 0 Å². The van der Waals surface area contributed by atoms with E-state index in [1.165, 1.54) is 19.3 Å². The van der Waals surface area contributed by atoms with E-state index in [1.807, 2.05) is 0 Å². The van der Waals surface area contributed by atoms with E-state index in [0.717, 1.165) is 37.8 Å². The van der Waals surface area contributed by atoms with Gasteiger partial charge in [-0.15, -0.1) is 12.4 Å². The van der Waals surface area contributed by atoms with Gasteiger partial charge in [0.1, 0.15) is 0 Å². The molecule has 98 valence electrons. The van der Waals surface area contributed by atoms with Crippen molar-refractivity contribution in [3.05, 3.63) is 0 Å². The van der Waals surface area contributed by atoms with Crippen LogP contribution in [0.4, 0.5) is 0 Å². The zero-order valence-electron chi connectivity index (χ0n) is 10.5. The van der Waals surface area contributed by atoms with E-state index in [2.05, 4.69) is 17.6 Å². The highest BCUT2D eigenvalue weighted by Crippen LogP contribution is 2.57. The van der Waals surface area contributed by atoms with E-state index < -0.39 is 0 Å². The SMILES string of the molecule is CC1(NC(=O)C2C3CCCC32)CCNCC1.Cl. The van der Waals surface area contributed by atoms with Crippen LogP contribution in [0.3, 0.4) is 0 Å². The summed E-state index contributed by atoms with van der Waals surface area (Å²) in [6, 6.07) is 0. The summed E-state index contributed by atoms with van der Waals surface area (Å²) in [6.07, 6.45) is 6.07. The lowest BCUT2D eigenvalue weighted by molar-refractivity contribution is -0.125. The van der Waals surface area contributed by atoms with Crippen molar-refractivity contribution >= 4 is 18.3 Å². The van der Waals surface area contributed by atoms with E-state index in [-0.39, 0.29) is 17.9 Å². The minimum Gasteiger partial charge on any atom is -0.351 e. The molecule has 2 saturated carbocycles. The van der Waals surface area contributed by atoms with Gasteiger partial charge < -0.3 is 10.6 Å². The molecule has 0 aromatic carbocycles. The molecule has 3 rings (SSSR count). The Labute approximate surface area is 110 Å². The number of hydrogen-bond acceptors (Lipinski definition) is 2. The largest absolute Gasteiger partial charge is 0.351 e. The number of piperidine rings is 1. The van der Waals surface area contributed by atoms with Gasteiger partial charge in [-0.1, -0.05) is 6.42 Å². The van der Waals surface area contributed by atoms with E-state index in [1.54, 1.807) is 0 Å². The predicted octanol–water partition coefficient (Wildman–Crippen LogP) is 1.71. The Bertz CT molecular complexity index is 292. The fourth-order valence-electron chi connectivity index (χ4n) is 3.69. The Balaban J connectivity index is 0.00000108. The van der Waals surface area contributed by atoms with Crippen molar-refractivity contribution in [3.8, 4) is 0 Å². The molecule has 3 fully saturated rings. The summed E-state index contributed by atoms with van der Waals surface area (Å²) in [4.78, 5) is 12.2. The van der Waals surface area contributed by atoms with Gasteiger partial charge in [-0.25, -0.2) is 0 Å². The van der Waals surface area contributed by atoms with E-state index >= 15 is 0 Å². The van der Waals surface area contributed by atoms with Gasteiger partial charge in [-0.05, 0) is 57.5 Å². The van der Waals surface area contributed by atoms with Gasteiger partial charge in [-0.2, -0.15) is 0 Å². The lowest BCUT2D eigenvalue weighted by atomic mass is 9.90. The quantitative estimate of drug-likeness (QED) is 0.792. The fraction of sp³-hybridized carbons (Fsp3) is 0.923. The summed E-state index contributed by atoms with van der Waals surface area (Å²) in [5.74, 6) is 2.20. The summed E-state index contributed by atoms with van der Waals surface area (Å²) in [5, 5.41) is 6.65. The Morgan fingerprint density at radius 3 is 2.41 bits per heavy atom. The van der Waals surface area contributed by atoms with Gasteiger partial charge in [-0.3, -0.25) is 4.79 Å². The van der Waals surface area contributed by atoms with E-state index in [4.69, 9.17) is 0 Å². The van der Waals surface area contributed by atoms with Crippen LogP contribution < -0.4 is 10.6 Å². The van der Waals surface area contributed by atoms with Crippen LogP contribution >= 0.6 is 12.4 Å². The number of carbonyl (C=O) groups excluding carboxylic acids is 1. The van der Waals surface area contributed by atoms with Gasteiger partial charge >= 0.3 is 0 Å². The second-order valence-electron chi connectivity index (χ2n) is 6.08. The molecule has 2 aliphatic carbocycles. The topological polar surface area (TPSA) is 41.1 Å². The zero-order chi connectivity index (χ0) is 11.2. The molecule has 2 atom stereocenters. The minimum absolute atomic E-state index is 0. The first-order valence-electron chi connectivity index (χ1n) is 6.72. The maximum absolute atomic E-state index is 12.2. The second-order valence-corrected chi connectivity index (χ2v) is 6.08. The summed E-state index contributed by atoms with van der Waals surface area (Å²) < 4.78 is 0. The summed E-state index contributed by atoms with van der Waals surface area (Å²) >= 11 is 0. The molecule has 0 bridgehead atoms. The second kappa shape index (κ2) is 4.77. The molecule has 0 radical (unpaired) electrons. The first-order valence-corrected chi connectivity index (χ1v) is 6.72. The summed E-state index contributed by atoms with van der Waals surface area (Å²) in [7, 11) is 0. The summed E-state index contributed by atoms with van der Waals surface area (Å²) in [5.41, 5.74) is 0.0548. The molecule has 1 heterocycles. The molecule has 0 spiro atoms. The highest BCUT2D eigenvalue weighted by atomic mass is 35.5. The van der Waals surface area contributed by atoms with Gasteiger partial charge in [0.25, 0.3) is 0 Å². The summed E-state index contributed by atoms with van der Waals surface area (Å²) in [6.45, 7) is 4.27. The van der Waals surface area contributed by atoms with Gasteiger partial charge in [0.05, 0.1) is 0 Å². The lowest BCUT2D eigenvalue weighted by Crippen LogP contribution is -2.53. The van der Waals surface area contributed by atoms with Crippen LogP contribution in [0.2, 0.25) is 0 Å². The third-order valence-electron chi connectivity index (χ3n) is 4.84. The predicted molar refractivity (Wildman–Crippen MR) is 70.2 cm³/mol. The molecule has 1 saturated heterocycles. The van der Waals surface area contributed by atoms with E-state index in [9.17, 15) is 4.79 Å². The molecule has 2 unspecified atom stereocenters. The van der Waals surface area contributed by atoms with Gasteiger partial charge in [0.15, 0.2) is 0 Å². The Morgan fingerprint density at radius 1 is 1.24 bits per heavy atom. The fourth-order valence-corrected chi connectivity index (χ4v) is 3.69. The molecule has 3 aliphatic rings. The van der Waals surface area contributed by atoms with Crippen LogP contribution in [0.25, 0.3) is 0 Å². The number of carbonyl (C=O) groups is 1. The average molecular weight is 259 g/mol. The number of nitrogens with one attached hydrogen (secondary N) is 2. The van der Waals surface area contributed by atoms with Crippen LogP contribution in [0, 0.1) is 17.8 Å².